The van der Waals surface area contributed by atoms with Crippen molar-refractivity contribution < 1.29 is 9.18 Å². The number of aromatic nitrogens is 7. The van der Waals surface area contributed by atoms with E-state index in [1.807, 2.05) is 54.6 Å². The molecule has 3 aromatic carbocycles. The van der Waals surface area contributed by atoms with Crippen molar-refractivity contribution >= 4 is 39.2 Å². The second-order valence-corrected chi connectivity index (χ2v) is 9.08. The Morgan fingerprint density at radius 1 is 1.02 bits per heavy atom. The van der Waals surface area contributed by atoms with Crippen molar-refractivity contribution in [2.45, 2.75) is 13.0 Å². The average Bonchev–Trinajstić information content (AvgIpc) is 3.59. The van der Waals surface area contributed by atoms with E-state index in [0.29, 0.717) is 31.0 Å². The molecule has 11 heteroatoms. The number of amides is 1. The number of terminal acetylenes is 1. The number of benzene rings is 3. The van der Waals surface area contributed by atoms with E-state index in [4.69, 9.17) is 6.42 Å². The zero-order valence-corrected chi connectivity index (χ0v) is 21.1. The van der Waals surface area contributed by atoms with E-state index in [1.54, 1.807) is 21.6 Å². The van der Waals surface area contributed by atoms with E-state index in [2.05, 4.69) is 36.0 Å². The smallest absolute Gasteiger partial charge is 0.295 e. The van der Waals surface area contributed by atoms with Crippen LogP contribution in [-0.4, -0.2) is 47.2 Å². The monoisotopic (exact) mass is 531 g/mol. The Bertz CT molecular complexity index is 1900. The molecule has 0 bridgehead atoms. The van der Waals surface area contributed by atoms with Crippen LogP contribution < -0.4 is 10.6 Å². The summed E-state index contributed by atoms with van der Waals surface area (Å²) in [6, 6.07) is 18.1. The van der Waals surface area contributed by atoms with E-state index >= 15 is 0 Å². The minimum Gasteiger partial charge on any atom is -0.345 e. The Morgan fingerprint density at radius 3 is 2.80 bits per heavy atom. The first-order valence-electron chi connectivity index (χ1n) is 12.4. The highest BCUT2D eigenvalue weighted by Gasteiger charge is 2.10. The van der Waals surface area contributed by atoms with Crippen molar-refractivity contribution in [1.82, 2.24) is 40.1 Å². The highest BCUT2D eigenvalue weighted by Crippen LogP contribution is 2.27. The van der Waals surface area contributed by atoms with Crippen LogP contribution in [0.1, 0.15) is 11.3 Å². The molecule has 0 fully saturated rings. The van der Waals surface area contributed by atoms with Crippen LogP contribution in [0.15, 0.2) is 79.4 Å². The van der Waals surface area contributed by atoms with Gasteiger partial charge in [0.05, 0.1) is 35.2 Å². The van der Waals surface area contributed by atoms with Gasteiger partial charge >= 0.3 is 0 Å². The zero-order valence-electron chi connectivity index (χ0n) is 21.1. The Labute approximate surface area is 227 Å². The standard InChI is InChI=1S/C29H22FN9O/c1-2-28(40)31-11-10-23-17-39(37-35-23)24-7-9-27-25(14-24)29(33-18-32-27)34-22-6-8-26-20(13-22)16-38(36-26)15-19-4-3-5-21(30)12-19/h1,3-9,12-14,16-18H,10-11,15H2,(H,31,40)(H,32,33,34). The fourth-order valence-electron chi connectivity index (χ4n) is 4.38. The first kappa shape index (κ1) is 24.7. The lowest BCUT2D eigenvalue weighted by Gasteiger charge is -2.09. The lowest BCUT2D eigenvalue weighted by molar-refractivity contribution is -0.115. The topological polar surface area (TPSA) is 115 Å². The molecule has 0 radical (unpaired) electrons. The summed E-state index contributed by atoms with van der Waals surface area (Å²) in [5.41, 5.74) is 4.77. The summed E-state index contributed by atoms with van der Waals surface area (Å²) in [7, 11) is 0. The maximum absolute atomic E-state index is 13.6. The molecule has 0 spiro atoms. The van der Waals surface area contributed by atoms with Crippen LogP contribution in [0.25, 0.3) is 27.5 Å². The lowest BCUT2D eigenvalue weighted by Crippen LogP contribution is -2.23. The molecule has 0 unspecified atom stereocenters. The summed E-state index contributed by atoms with van der Waals surface area (Å²) in [5, 5.41) is 20.8. The SMILES string of the molecule is C#CC(=O)NCCc1cn(-c2ccc3ncnc(Nc4ccc5nn(Cc6cccc(F)c6)cc5c4)c3c2)nn1. The summed E-state index contributed by atoms with van der Waals surface area (Å²) in [6.45, 7) is 0.841. The summed E-state index contributed by atoms with van der Waals surface area (Å²) < 4.78 is 17.0. The number of rotatable bonds is 8. The Kier molecular flexibility index (Phi) is 6.56. The molecular formula is C29H22FN9O. The molecule has 0 saturated carbocycles. The van der Waals surface area contributed by atoms with Crippen molar-refractivity contribution in [3.05, 3.63) is 96.5 Å². The van der Waals surface area contributed by atoms with Gasteiger partial charge in [0, 0.05) is 35.6 Å². The van der Waals surface area contributed by atoms with Gasteiger partial charge < -0.3 is 10.6 Å². The molecule has 0 aliphatic heterocycles. The second kappa shape index (κ2) is 10.6. The molecule has 10 nitrogen and oxygen atoms in total. The Balaban J connectivity index is 1.23. The van der Waals surface area contributed by atoms with Crippen LogP contribution in [0.3, 0.4) is 0 Å². The first-order valence-corrected chi connectivity index (χ1v) is 12.4. The third-order valence-corrected chi connectivity index (χ3v) is 6.27. The van der Waals surface area contributed by atoms with Gasteiger partial charge in [0.1, 0.15) is 18.0 Å². The highest BCUT2D eigenvalue weighted by molar-refractivity contribution is 5.93. The summed E-state index contributed by atoms with van der Waals surface area (Å²) in [5.74, 6) is 1.93. The van der Waals surface area contributed by atoms with Crippen LogP contribution in [0.4, 0.5) is 15.9 Å². The van der Waals surface area contributed by atoms with Crippen molar-refractivity contribution in [2.75, 3.05) is 11.9 Å². The van der Waals surface area contributed by atoms with E-state index < -0.39 is 5.91 Å². The van der Waals surface area contributed by atoms with Crippen molar-refractivity contribution in [3.63, 3.8) is 0 Å². The fraction of sp³-hybridized carbons (Fsp3) is 0.103. The molecule has 40 heavy (non-hydrogen) atoms. The van der Waals surface area contributed by atoms with Gasteiger partial charge in [-0.1, -0.05) is 17.3 Å². The molecule has 2 N–H and O–H groups in total. The summed E-state index contributed by atoms with van der Waals surface area (Å²) in [6.07, 6.45) is 10.8. The molecule has 6 aromatic rings. The third-order valence-electron chi connectivity index (χ3n) is 6.27. The highest BCUT2D eigenvalue weighted by atomic mass is 19.1. The van der Waals surface area contributed by atoms with Gasteiger partial charge in [-0.05, 0) is 60.0 Å². The molecule has 0 atom stereocenters. The summed E-state index contributed by atoms with van der Waals surface area (Å²) >= 11 is 0. The van der Waals surface area contributed by atoms with Crippen LogP contribution >= 0.6 is 0 Å². The van der Waals surface area contributed by atoms with Crippen LogP contribution in [0.2, 0.25) is 0 Å². The van der Waals surface area contributed by atoms with Gasteiger partial charge in [0.2, 0.25) is 0 Å². The van der Waals surface area contributed by atoms with Gasteiger partial charge in [-0.2, -0.15) is 5.10 Å². The van der Waals surface area contributed by atoms with E-state index in [-0.39, 0.29) is 5.82 Å². The number of nitrogens with zero attached hydrogens (tertiary/aromatic N) is 7. The summed E-state index contributed by atoms with van der Waals surface area (Å²) in [4.78, 5) is 20.1. The van der Waals surface area contributed by atoms with Crippen molar-refractivity contribution in [3.8, 4) is 18.0 Å². The van der Waals surface area contributed by atoms with Gasteiger partial charge in [-0.15, -0.1) is 11.5 Å². The molecule has 6 rings (SSSR count). The van der Waals surface area contributed by atoms with Crippen molar-refractivity contribution in [2.24, 2.45) is 0 Å². The maximum Gasteiger partial charge on any atom is 0.295 e. The number of carbonyl (C=O) groups excluding carboxylic acids is 1. The Hall–Kier alpha value is -5.63. The average molecular weight is 532 g/mol. The molecule has 3 aromatic heterocycles. The maximum atomic E-state index is 13.6. The van der Waals surface area contributed by atoms with Crippen LogP contribution in [0, 0.1) is 18.2 Å². The zero-order chi connectivity index (χ0) is 27.5. The normalized spacial score (nSPS) is 11.0. The number of halogens is 1. The quantitative estimate of drug-likeness (QED) is 0.287. The molecular weight excluding hydrogens is 509 g/mol. The van der Waals surface area contributed by atoms with E-state index in [9.17, 15) is 9.18 Å². The molecule has 196 valence electrons. The number of anilines is 2. The number of fused-ring (bicyclic) bond motifs is 2. The van der Waals surface area contributed by atoms with Gasteiger partial charge in [0.25, 0.3) is 5.91 Å². The van der Waals surface area contributed by atoms with E-state index in [0.717, 1.165) is 38.7 Å². The molecule has 0 saturated heterocycles. The predicted molar refractivity (Wildman–Crippen MR) is 149 cm³/mol. The Morgan fingerprint density at radius 2 is 1.93 bits per heavy atom. The first-order chi connectivity index (χ1) is 19.5. The number of hydrogen-bond donors (Lipinski definition) is 2. The predicted octanol–water partition coefficient (Wildman–Crippen LogP) is 3.78. The largest absolute Gasteiger partial charge is 0.345 e. The van der Waals surface area contributed by atoms with Crippen LogP contribution in [-0.2, 0) is 17.8 Å². The lowest BCUT2D eigenvalue weighted by atomic mass is 10.2. The minimum absolute atomic E-state index is 0.267. The number of nitrogens with one attached hydrogen (secondary N) is 2. The molecule has 0 aliphatic carbocycles. The van der Waals surface area contributed by atoms with Gasteiger partial charge in [-0.3, -0.25) is 9.48 Å². The van der Waals surface area contributed by atoms with Crippen molar-refractivity contribution in [1.29, 1.82) is 0 Å². The van der Waals surface area contributed by atoms with Crippen LogP contribution in [0.5, 0.6) is 0 Å². The number of carbonyl (C=O) groups is 1. The third kappa shape index (κ3) is 5.32. The van der Waals surface area contributed by atoms with Gasteiger partial charge in [-0.25, -0.2) is 19.0 Å². The van der Waals surface area contributed by atoms with E-state index in [1.165, 1.54) is 18.5 Å². The minimum atomic E-state index is -0.459. The van der Waals surface area contributed by atoms with Gasteiger partial charge in [0.15, 0.2) is 0 Å². The molecule has 3 heterocycles. The molecule has 0 aliphatic rings. The fourth-order valence-corrected chi connectivity index (χ4v) is 4.38. The number of hydrogen-bond acceptors (Lipinski definition) is 7. The second-order valence-electron chi connectivity index (χ2n) is 9.08. The molecule has 1 amide bonds.